The largest absolute Gasteiger partial charge is 0.369 e. The van der Waals surface area contributed by atoms with E-state index in [1.165, 1.54) is 6.33 Å². The summed E-state index contributed by atoms with van der Waals surface area (Å²) in [5.74, 6) is -0.632. The van der Waals surface area contributed by atoms with Crippen molar-refractivity contribution in [1.29, 1.82) is 0 Å². The fourth-order valence-corrected chi connectivity index (χ4v) is 2.29. The molecule has 4 nitrogen and oxygen atoms in total. The van der Waals surface area contributed by atoms with Crippen LogP contribution in [0.15, 0.2) is 22.9 Å². The second-order valence-corrected chi connectivity index (χ2v) is 5.38. The molecule has 0 fully saturated rings. The number of nitrogens with one attached hydrogen (secondary N) is 2. The molecule has 0 bridgehead atoms. The van der Waals surface area contributed by atoms with Crippen molar-refractivity contribution >= 4 is 44.9 Å². The van der Waals surface area contributed by atoms with Crippen LogP contribution in [0.2, 0.25) is 5.02 Å². The molecule has 2 aromatic rings. The first-order valence-corrected chi connectivity index (χ1v) is 7.36. The van der Waals surface area contributed by atoms with Crippen molar-refractivity contribution in [3.8, 4) is 0 Å². The molecule has 1 aromatic heterocycles. The van der Waals surface area contributed by atoms with Gasteiger partial charge in [0.25, 0.3) is 0 Å². The van der Waals surface area contributed by atoms with Crippen molar-refractivity contribution in [1.82, 2.24) is 9.97 Å². The summed E-state index contributed by atoms with van der Waals surface area (Å²) in [6.45, 7) is 2.76. The fraction of sp³-hybridized carbons (Fsp3) is 0.231. The van der Waals surface area contributed by atoms with Gasteiger partial charge in [0.2, 0.25) is 0 Å². The molecule has 0 unspecified atom stereocenters. The van der Waals surface area contributed by atoms with E-state index in [2.05, 4.69) is 36.5 Å². The highest BCUT2D eigenvalue weighted by molar-refractivity contribution is 9.10. The summed E-state index contributed by atoms with van der Waals surface area (Å²) in [6.07, 6.45) is 2.26. The smallest absolute Gasteiger partial charge is 0.151 e. The molecule has 0 amide bonds. The maximum absolute atomic E-state index is 13.8. The highest BCUT2D eigenvalue weighted by Crippen LogP contribution is 2.33. The first-order valence-electron chi connectivity index (χ1n) is 6.18. The Morgan fingerprint density at radius 3 is 2.62 bits per heavy atom. The Morgan fingerprint density at radius 2 is 1.95 bits per heavy atom. The van der Waals surface area contributed by atoms with E-state index in [1.54, 1.807) is 0 Å². The van der Waals surface area contributed by atoms with Gasteiger partial charge in [0, 0.05) is 12.6 Å². The molecule has 0 atom stereocenters. The summed E-state index contributed by atoms with van der Waals surface area (Å²) in [6, 6.07) is 1.78. The zero-order valence-electron chi connectivity index (χ0n) is 11.1. The zero-order chi connectivity index (χ0) is 15.4. The normalized spacial score (nSPS) is 10.5. The van der Waals surface area contributed by atoms with Crippen LogP contribution in [0.25, 0.3) is 0 Å². The van der Waals surface area contributed by atoms with Crippen LogP contribution in [0.3, 0.4) is 0 Å². The van der Waals surface area contributed by atoms with E-state index in [1.807, 2.05) is 6.92 Å². The molecule has 21 heavy (non-hydrogen) atoms. The highest BCUT2D eigenvalue weighted by Gasteiger charge is 2.14. The lowest BCUT2D eigenvalue weighted by Gasteiger charge is -2.13. The van der Waals surface area contributed by atoms with Crippen molar-refractivity contribution < 1.29 is 8.78 Å². The van der Waals surface area contributed by atoms with Gasteiger partial charge < -0.3 is 10.6 Å². The van der Waals surface area contributed by atoms with E-state index in [-0.39, 0.29) is 10.7 Å². The third kappa shape index (κ3) is 3.79. The minimum absolute atomic E-state index is 0.0427. The van der Waals surface area contributed by atoms with Gasteiger partial charge >= 0.3 is 0 Å². The van der Waals surface area contributed by atoms with Gasteiger partial charge in [-0.1, -0.05) is 18.5 Å². The molecule has 112 valence electrons. The fourth-order valence-electron chi connectivity index (χ4n) is 1.60. The predicted octanol–water partition coefficient (Wildman–Crippen LogP) is 4.74. The lowest BCUT2D eigenvalue weighted by Crippen LogP contribution is -2.06. The van der Waals surface area contributed by atoms with Crippen LogP contribution >= 0.6 is 27.5 Å². The Balaban J connectivity index is 2.32. The van der Waals surface area contributed by atoms with E-state index >= 15 is 0 Å². The number of anilines is 3. The number of hydrogen-bond acceptors (Lipinski definition) is 4. The lowest BCUT2D eigenvalue weighted by molar-refractivity contribution is 0.586. The minimum Gasteiger partial charge on any atom is -0.369 e. The van der Waals surface area contributed by atoms with Gasteiger partial charge in [-0.05, 0) is 28.4 Å². The summed E-state index contributed by atoms with van der Waals surface area (Å²) in [5, 5.41) is 5.78. The SMILES string of the molecule is CCCNc1ncnc(Nc2c(F)cc(F)cc2Cl)c1Br. The van der Waals surface area contributed by atoms with Gasteiger partial charge in [0.05, 0.1) is 10.7 Å². The first-order chi connectivity index (χ1) is 10.0. The van der Waals surface area contributed by atoms with Crippen molar-refractivity contribution in [2.24, 2.45) is 0 Å². The summed E-state index contributed by atoms with van der Waals surface area (Å²) in [5.41, 5.74) is -0.0427. The Labute approximate surface area is 134 Å². The average molecular weight is 378 g/mol. The summed E-state index contributed by atoms with van der Waals surface area (Å²) >= 11 is 9.19. The van der Waals surface area contributed by atoms with Gasteiger partial charge in [0.1, 0.15) is 28.3 Å². The summed E-state index contributed by atoms with van der Waals surface area (Å²) in [7, 11) is 0. The summed E-state index contributed by atoms with van der Waals surface area (Å²) < 4.78 is 27.3. The Morgan fingerprint density at radius 1 is 1.24 bits per heavy atom. The van der Waals surface area contributed by atoms with Crippen LogP contribution in [0.5, 0.6) is 0 Å². The summed E-state index contributed by atoms with van der Waals surface area (Å²) in [4.78, 5) is 8.10. The van der Waals surface area contributed by atoms with E-state index in [9.17, 15) is 8.78 Å². The molecule has 0 aliphatic carbocycles. The van der Waals surface area contributed by atoms with Gasteiger partial charge in [-0.3, -0.25) is 0 Å². The van der Waals surface area contributed by atoms with Crippen LogP contribution in [0, 0.1) is 11.6 Å². The van der Waals surface area contributed by atoms with Gasteiger partial charge in [-0.2, -0.15) is 0 Å². The number of benzene rings is 1. The monoisotopic (exact) mass is 376 g/mol. The quantitative estimate of drug-likeness (QED) is 0.790. The second kappa shape index (κ2) is 7.00. The lowest BCUT2D eigenvalue weighted by atomic mass is 10.3. The van der Waals surface area contributed by atoms with Crippen molar-refractivity contribution in [2.75, 3.05) is 17.2 Å². The highest BCUT2D eigenvalue weighted by atomic mass is 79.9. The third-order valence-corrected chi connectivity index (χ3v) is 3.63. The molecule has 0 saturated heterocycles. The van der Waals surface area contributed by atoms with E-state index < -0.39 is 11.6 Å². The van der Waals surface area contributed by atoms with Gasteiger partial charge in [0.15, 0.2) is 5.82 Å². The Bertz CT molecular complexity index is 631. The molecule has 0 saturated carbocycles. The molecule has 1 heterocycles. The maximum atomic E-state index is 13.8. The minimum atomic E-state index is -0.798. The van der Waals surface area contributed by atoms with Crippen molar-refractivity contribution in [3.05, 3.63) is 39.6 Å². The maximum Gasteiger partial charge on any atom is 0.151 e. The van der Waals surface area contributed by atoms with Gasteiger partial charge in [-0.25, -0.2) is 18.7 Å². The first kappa shape index (κ1) is 15.9. The molecule has 2 N–H and O–H groups in total. The molecule has 2 rings (SSSR count). The molecule has 0 aliphatic heterocycles. The number of halogens is 4. The van der Waals surface area contributed by atoms with E-state index in [4.69, 9.17) is 11.6 Å². The molecule has 1 aromatic carbocycles. The van der Waals surface area contributed by atoms with Crippen LogP contribution < -0.4 is 10.6 Å². The van der Waals surface area contributed by atoms with Crippen molar-refractivity contribution in [3.63, 3.8) is 0 Å². The molecular formula is C13H12BrClF2N4. The molecule has 0 spiro atoms. The standard InChI is InChI=1S/C13H12BrClF2N4/c1-2-3-18-12-10(14)13(20-6-19-12)21-11-8(15)4-7(16)5-9(11)17/h4-6H,2-3H2,1H3,(H2,18,19,20,21). The predicted molar refractivity (Wildman–Crippen MR) is 83.2 cm³/mol. The second-order valence-electron chi connectivity index (χ2n) is 4.18. The van der Waals surface area contributed by atoms with Crippen LogP contribution in [0.4, 0.5) is 26.1 Å². The van der Waals surface area contributed by atoms with Gasteiger partial charge in [-0.15, -0.1) is 0 Å². The number of aromatic nitrogens is 2. The average Bonchev–Trinajstić information content (AvgIpc) is 2.43. The third-order valence-electron chi connectivity index (χ3n) is 2.58. The Kier molecular flexibility index (Phi) is 5.30. The molecular weight excluding hydrogens is 366 g/mol. The number of nitrogens with zero attached hydrogens (tertiary/aromatic N) is 2. The van der Waals surface area contributed by atoms with E-state index in [0.29, 0.717) is 16.1 Å². The zero-order valence-corrected chi connectivity index (χ0v) is 13.4. The molecule has 0 aliphatic rings. The van der Waals surface area contributed by atoms with E-state index in [0.717, 1.165) is 25.1 Å². The van der Waals surface area contributed by atoms with Crippen LogP contribution in [-0.2, 0) is 0 Å². The van der Waals surface area contributed by atoms with Crippen LogP contribution in [0.1, 0.15) is 13.3 Å². The topological polar surface area (TPSA) is 49.8 Å². The van der Waals surface area contributed by atoms with Crippen LogP contribution in [-0.4, -0.2) is 16.5 Å². The number of rotatable bonds is 5. The number of hydrogen-bond donors (Lipinski definition) is 2. The molecule has 8 heteroatoms. The molecule has 0 radical (unpaired) electrons. The van der Waals surface area contributed by atoms with Crippen molar-refractivity contribution in [2.45, 2.75) is 13.3 Å². The Hall–Kier alpha value is -1.47.